The molecule has 0 aromatic carbocycles. The summed E-state index contributed by atoms with van der Waals surface area (Å²) >= 11 is 5.41. The average molecular weight is 274 g/mol. The summed E-state index contributed by atoms with van der Waals surface area (Å²) in [6, 6.07) is 2.41. The zero-order chi connectivity index (χ0) is 10.1. The summed E-state index contributed by atoms with van der Waals surface area (Å²) in [5.74, 6) is 0.888. The quantitative estimate of drug-likeness (QED) is 0.885. The highest BCUT2D eigenvalue weighted by Gasteiger charge is 2.22. The zero-order valence-corrected chi connectivity index (χ0v) is 10.8. The maximum Gasteiger partial charge on any atom is 0.0403 e. The first-order valence-corrected chi connectivity index (χ1v) is 6.79. The van der Waals surface area contributed by atoms with Crippen molar-refractivity contribution in [3.05, 3.63) is 20.3 Å². The maximum absolute atomic E-state index is 6.20. The number of halogens is 1. The molecule has 1 fully saturated rings. The lowest BCUT2D eigenvalue weighted by Gasteiger charge is -2.27. The molecule has 14 heavy (non-hydrogen) atoms. The Labute approximate surface area is 97.8 Å². The fourth-order valence-electron chi connectivity index (χ4n) is 1.95. The van der Waals surface area contributed by atoms with Gasteiger partial charge in [0.1, 0.15) is 0 Å². The molecular weight excluding hydrogens is 258 g/mol. The summed E-state index contributed by atoms with van der Waals surface area (Å²) in [5.41, 5.74) is 6.20. The molecule has 0 bridgehead atoms. The van der Waals surface area contributed by atoms with Crippen molar-refractivity contribution in [1.29, 1.82) is 0 Å². The second kappa shape index (κ2) is 4.33. The molecular formula is C11H16BrNS. The van der Waals surface area contributed by atoms with Gasteiger partial charge in [0.25, 0.3) is 0 Å². The predicted octanol–water partition coefficient (Wildman–Crippen LogP) is 4.01. The lowest BCUT2D eigenvalue weighted by atomic mass is 9.81. The van der Waals surface area contributed by atoms with Crippen LogP contribution in [0.25, 0.3) is 0 Å². The van der Waals surface area contributed by atoms with Gasteiger partial charge < -0.3 is 5.73 Å². The molecule has 1 saturated carbocycles. The summed E-state index contributed by atoms with van der Waals surface area (Å²) in [4.78, 5) is 2.67. The molecule has 1 unspecified atom stereocenters. The fraction of sp³-hybridized carbons (Fsp3) is 0.636. The van der Waals surface area contributed by atoms with Crippen molar-refractivity contribution in [2.75, 3.05) is 0 Å². The Hall–Kier alpha value is 0.140. The van der Waals surface area contributed by atoms with E-state index in [4.69, 9.17) is 5.73 Å². The molecule has 1 aromatic heterocycles. The van der Waals surface area contributed by atoms with Gasteiger partial charge in [-0.05, 0) is 41.3 Å². The molecule has 2 rings (SSSR count). The second-order valence-corrected chi connectivity index (χ2v) is 6.35. The Morgan fingerprint density at radius 1 is 1.64 bits per heavy atom. The number of rotatable bonds is 3. The predicted molar refractivity (Wildman–Crippen MR) is 65.6 cm³/mol. The minimum absolute atomic E-state index is 0.244. The summed E-state index contributed by atoms with van der Waals surface area (Å²) in [6.45, 7) is 2.13. The van der Waals surface area contributed by atoms with Gasteiger partial charge in [-0.2, -0.15) is 0 Å². The molecule has 1 aliphatic rings. The third-order valence-electron chi connectivity index (χ3n) is 2.99. The van der Waals surface area contributed by atoms with Crippen molar-refractivity contribution >= 4 is 27.3 Å². The topological polar surface area (TPSA) is 26.0 Å². The number of hydrogen-bond donors (Lipinski definition) is 1. The largest absolute Gasteiger partial charge is 0.323 e. The van der Waals surface area contributed by atoms with E-state index in [-0.39, 0.29) is 6.04 Å². The normalized spacial score (nSPS) is 19.4. The smallest absolute Gasteiger partial charge is 0.0403 e. The van der Waals surface area contributed by atoms with Crippen molar-refractivity contribution in [1.82, 2.24) is 0 Å². The van der Waals surface area contributed by atoms with Gasteiger partial charge in [-0.3, -0.25) is 0 Å². The van der Waals surface area contributed by atoms with E-state index in [0.29, 0.717) is 0 Å². The van der Waals surface area contributed by atoms with E-state index in [1.807, 2.05) is 11.3 Å². The van der Waals surface area contributed by atoms with Crippen LogP contribution in [0.1, 0.15) is 41.5 Å². The molecule has 2 N–H and O–H groups in total. The van der Waals surface area contributed by atoms with Crippen LogP contribution in [0.3, 0.4) is 0 Å². The lowest BCUT2D eigenvalue weighted by Crippen LogP contribution is -2.19. The van der Waals surface area contributed by atoms with Gasteiger partial charge in [-0.1, -0.05) is 19.3 Å². The summed E-state index contributed by atoms with van der Waals surface area (Å²) in [7, 11) is 0. The van der Waals surface area contributed by atoms with Crippen molar-refractivity contribution < 1.29 is 0 Å². The van der Waals surface area contributed by atoms with Crippen LogP contribution in [-0.4, -0.2) is 0 Å². The van der Waals surface area contributed by atoms with Crippen LogP contribution in [-0.2, 0) is 0 Å². The van der Waals surface area contributed by atoms with Crippen LogP contribution in [0.2, 0.25) is 0 Å². The van der Waals surface area contributed by atoms with Gasteiger partial charge in [0.2, 0.25) is 0 Å². The summed E-state index contributed by atoms with van der Waals surface area (Å²) < 4.78 is 1.20. The van der Waals surface area contributed by atoms with Crippen LogP contribution in [0.5, 0.6) is 0 Å². The lowest BCUT2D eigenvalue weighted by molar-refractivity contribution is 0.278. The van der Waals surface area contributed by atoms with E-state index in [0.717, 1.165) is 5.92 Å². The van der Waals surface area contributed by atoms with E-state index in [2.05, 4.69) is 28.9 Å². The minimum Gasteiger partial charge on any atom is -0.323 e. The third kappa shape index (κ3) is 2.20. The first kappa shape index (κ1) is 10.7. The Kier molecular flexibility index (Phi) is 3.30. The van der Waals surface area contributed by atoms with Gasteiger partial charge in [-0.25, -0.2) is 0 Å². The molecule has 0 radical (unpaired) electrons. The molecule has 1 aliphatic carbocycles. The molecule has 1 atom stereocenters. The van der Waals surface area contributed by atoms with E-state index in [1.54, 1.807) is 0 Å². The Balaban J connectivity index is 2.02. The monoisotopic (exact) mass is 273 g/mol. The number of aryl methyl sites for hydroxylation is 1. The molecule has 0 aliphatic heterocycles. The molecule has 3 heteroatoms. The Morgan fingerprint density at radius 2 is 2.36 bits per heavy atom. The summed E-state index contributed by atoms with van der Waals surface area (Å²) in [5, 5.41) is 0. The Morgan fingerprint density at radius 3 is 2.79 bits per heavy atom. The van der Waals surface area contributed by atoms with Crippen LogP contribution in [0.4, 0.5) is 0 Å². The molecule has 0 saturated heterocycles. The highest BCUT2D eigenvalue weighted by molar-refractivity contribution is 9.10. The number of hydrogen-bond acceptors (Lipinski definition) is 2. The molecule has 0 amide bonds. The zero-order valence-electron chi connectivity index (χ0n) is 8.42. The second-order valence-electron chi connectivity index (χ2n) is 4.21. The number of thiophene rings is 1. The average Bonchev–Trinajstić information content (AvgIpc) is 2.37. The molecule has 78 valence electrons. The first-order valence-electron chi connectivity index (χ1n) is 5.18. The van der Waals surface area contributed by atoms with Gasteiger partial charge in [-0.15, -0.1) is 11.3 Å². The molecule has 1 aromatic rings. The van der Waals surface area contributed by atoms with Crippen LogP contribution < -0.4 is 5.73 Å². The highest BCUT2D eigenvalue weighted by atomic mass is 79.9. The highest BCUT2D eigenvalue weighted by Crippen LogP contribution is 2.38. The molecule has 1 nitrogen and oxygen atoms in total. The van der Waals surface area contributed by atoms with E-state index in [9.17, 15) is 0 Å². The van der Waals surface area contributed by atoms with Crippen molar-refractivity contribution in [3.63, 3.8) is 0 Å². The Bertz CT molecular complexity index is 317. The van der Waals surface area contributed by atoms with Crippen molar-refractivity contribution in [3.8, 4) is 0 Å². The minimum atomic E-state index is 0.244. The van der Waals surface area contributed by atoms with Gasteiger partial charge >= 0.3 is 0 Å². The maximum atomic E-state index is 6.20. The van der Waals surface area contributed by atoms with Crippen LogP contribution >= 0.6 is 27.3 Å². The van der Waals surface area contributed by atoms with E-state index < -0.39 is 0 Å². The van der Waals surface area contributed by atoms with Crippen molar-refractivity contribution in [2.24, 2.45) is 11.7 Å². The standard InChI is InChI=1S/C11H16BrNS/c1-7-5-9(12)11(14-7)10(13)6-8-3-2-4-8/h5,8,10H,2-4,6,13H2,1H3. The third-order valence-corrected chi connectivity index (χ3v) is 5.09. The van der Waals surface area contributed by atoms with Gasteiger partial charge in [0, 0.05) is 20.3 Å². The van der Waals surface area contributed by atoms with E-state index >= 15 is 0 Å². The fourth-order valence-corrected chi connectivity index (χ4v) is 3.91. The number of nitrogens with two attached hydrogens (primary N) is 1. The van der Waals surface area contributed by atoms with Crippen LogP contribution in [0, 0.1) is 12.8 Å². The molecule has 1 heterocycles. The SMILES string of the molecule is Cc1cc(Br)c(C(N)CC2CCC2)s1. The van der Waals surface area contributed by atoms with Crippen LogP contribution in [0.15, 0.2) is 10.5 Å². The first-order chi connectivity index (χ1) is 6.66. The van der Waals surface area contributed by atoms with Crippen molar-refractivity contribution in [2.45, 2.75) is 38.6 Å². The molecule has 0 spiro atoms. The summed E-state index contributed by atoms with van der Waals surface area (Å²) in [6.07, 6.45) is 5.34. The van der Waals surface area contributed by atoms with E-state index in [1.165, 1.54) is 39.9 Å². The van der Waals surface area contributed by atoms with Gasteiger partial charge in [0.15, 0.2) is 0 Å². The van der Waals surface area contributed by atoms with Gasteiger partial charge in [0.05, 0.1) is 0 Å².